The van der Waals surface area contributed by atoms with Crippen molar-refractivity contribution < 1.29 is 14.0 Å². The summed E-state index contributed by atoms with van der Waals surface area (Å²) in [4.78, 5) is 31.3. The van der Waals surface area contributed by atoms with Crippen molar-refractivity contribution in [2.24, 2.45) is 0 Å². The van der Waals surface area contributed by atoms with Crippen LogP contribution < -0.4 is 5.32 Å². The van der Waals surface area contributed by atoms with Crippen LogP contribution in [0.4, 0.5) is 0 Å². The van der Waals surface area contributed by atoms with Gasteiger partial charge < -0.3 is 14.6 Å². The molecule has 3 heterocycles. The third-order valence-electron chi connectivity index (χ3n) is 4.31. The van der Waals surface area contributed by atoms with E-state index in [0.29, 0.717) is 24.2 Å². The van der Waals surface area contributed by atoms with Crippen LogP contribution in [0.2, 0.25) is 0 Å². The summed E-state index contributed by atoms with van der Waals surface area (Å²) in [5.74, 6) is -0.293. The quantitative estimate of drug-likeness (QED) is 0.780. The van der Waals surface area contributed by atoms with Crippen LogP contribution in [0.5, 0.6) is 0 Å². The average Bonchev–Trinajstić information content (AvgIpc) is 3.04. The maximum absolute atomic E-state index is 13.0. The van der Waals surface area contributed by atoms with Crippen molar-refractivity contribution in [1.82, 2.24) is 15.2 Å². The molecule has 1 N–H and O–H groups in total. The highest BCUT2D eigenvalue weighted by Gasteiger charge is 2.36. The van der Waals surface area contributed by atoms with E-state index in [0.717, 1.165) is 11.3 Å². The molecule has 6 nitrogen and oxygen atoms in total. The fourth-order valence-corrected chi connectivity index (χ4v) is 3.13. The summed E-state index contributed by atoms with van der Waals surface area (Å²) in [6.07, 6.45) is 0. The van der Waals surface area contributed by atoms with E-state index in [2.05, 4.69) is 10.3 Å². The van der Waals surface area contributed by atoms with E-state index in [4.69, 9.17) is 4.42 Å². The van der Waals surface area contributed by atoms with E-state index >= 15 is 0 Å². The SMILES string of the molecule is Cc1ccc2oc(C(=O)N3CCNC(=O)C3c3ccccc3)cc2n1. The maximum atomic E-state index is 13.0. The highest BCUT2D eigenvalue weighted by atomic mass is 16.3. The van der Waals surface area contributed by atoms with Gasteiger partial charge in [0.1, 0.15) is 11.6 Å². The van der Waals surface area contributed by atoms with Crippen LogP contribution in [0.15, 0.2) is 52.9 Å². The van der Waals surface area contributed by atoms with Gasteiger partial charge in [0, 0.05) is 24.8 Å². The predicted octanol–water partition coefficient (Wildman–Crippen LogP) is 2.45. The summed E-state index contributed by atoms with van der Waals surface area (Å²) < 4.78 is 5.67. The third-order valence-corrected chi connectivity index (χ3v) is 4.31. The smallest absolute Gasteiger partial charge is 0.290 e. The molecule has 3 aromatic rings. The van der Waals surface area contributed by atoms with E-state index < -0.39 is 6.04 Å². The summed E-state index contributed by atoms with van der Waals surface area (Å²) in [6.45, 7) is 2.73. The lowest BCUT2D eigenvalue weighted by molar-refractivity contribution is -0.128. The molecule has 1 unspecified atom stereocenters. The first-order valence-corrected chi connectivity index (χ1v) is 8.14. The molecular weight excluding hydrogens is 318 g/mol. The zero-order valence-corrected chi connectivity index (χ0v) is 13.7. The van der Waals surface area contributed by atoms with E-state index in [1.807, 2.05) is 43.3 Å². The predicted molar refractivity (Wildman–Crippen MR) is 92.0 cm³/mol. The average molecular weight is 335 g/mol. The number of benzene rings is 1. The van der Waals surface area contributed by atoms with Crippen LogP contribution >= 0.6 is 0 Å². The molecule has 1 aliphatic rings. The summed E-state index contributed by atoms with van der Waals surface area (Å²) in [7, 11) is 0. The van der Waals surface area contributed by atoms with Crippen molar-refractivity contribution in [2.45, 2.75) is 13.0 Å². The Morgan fingerprint density at radius 2 is 2.04 bits per heavy atom. The number of rotatable bonds is 2. The number of carbonyl (C=O) groups excluding carboxylic acids is 2. The van der Waals surface area contributed by atoms with E-state index in [1.54, 1.807) is 17.0 Å². The molecule has 2 amide bonds. The van der Waals surface area contributed by atoms with Crippen LogP contribution in [-0.2, 0) is 4.79 Å². The molecule has 1 fully saturated rings. The molecule has 0 saturated carbocycles. The minimum atomic E-state index is -0.662. The molecule has 1 saturated heterocycles. The van der Waals surface area contributed by atoms with Crippen LogP contribution in [-0.4, -0.2) is 34.8 Å². The Kier molecular flexibility index (Phi) is 3.72. The van der Waals surface area contributed by atoms with Crippen molar-refractivity contribution in [3.8, 4) is 0 Å². The third kappa shape index (κ3) is 2.76. The summed E-state index contributed by atoms with van der Waals surface area (Å²) >= 11 is 0. The molecule has 1 aliphatic heterocycles. The normalized spacial score (nSPS) is 17.6. The van der Waals surface area contributed by atoms with E-state index in [-0.39, 0.29) is 17.6 Å². The lowest BCUT2D eigenvalue weighted by Crippen LogP contribution is -2.52. The summed E-state index contributed by atoms with van der Waals surface area (Å²) in [5, 5.41) is 2.83. The van der Waals surface area contributed by atoms with Crippen LogP contribution in [0.25, 0.3) is 11.1 Å². The molecule has 2 aromatic heterocycles. The number of amides is 2. The fraction of sp³-hybridized carbons (Fsp3) is 0.211. The minimum absolute atomic E-state index is 0.184. The lowest BCUT2D eigenvalue weighted by atomic mass is 10.0. The monoisotopic (exact) mass is 335 g/mol. The molecule has 0 aliphatic carbocycles. The Labute approximate surface area is 144 Å². The van der Waals surface area contributed by atoms with Crippen molar-refractivity contribution in [2.75, 3.05) is 13.1 Å². The number of carbonyl (C=O) groups is 2. The Bertz CT molecular complexity index is 949. The number of piperazine rings is 1. The molecule has 6 heteroatoms. The number of nitrogens with zero attached hydrogens (tertiary/aromatic N) is 2. The number of nitrogens with one attached hydrogen (secondary N) is 1. The highest BCUT2D eigenvalue weighted by Crippen LogP contribution is 2.27. The van der Waals surface area contributed by atoms with Gasteiger partial charge in [0.25, 0.3) is 5.91 Å². The molecule has 0 spiro atoms. The van der Waals surface area contributed by atoms with Crippen molar-refractivity contribution in [1.29, 1.82) is 0 Å². The summed E-state index contributed by atoms with van der Waals surface area (Å²) in [5.41, 5.74) is 2.83. The van der Waals surface area contributed by atoms with Crippen molar-refractivity contribution >= 4 is 22.9 Å². The molecular formula is C19H17N3O3. The first-order chi connectivity index (χ1) is 12.1. The molecule has 25 heavy (non-hydrogen) atoms. The zero-order chi connectivity index (χ0) is 17.4. The molecule has 1 aromatic carbocycles. The van der Waals surface area contributed by atoms with Crippen molar-refractivity contribution in [3.63, 3.8) is 0 Å². The van der Waals surface area contributed by atoms with E-state index in [9.17, 15) is 9.59 Å². The highest BCUT2D eigenvalue weighted by molar-refractivity contribution is 5.99. The van der Waals surface area contributed by atoms with Gasteiger partial charge in [0.2, 0.25) is 5.91 Å². The van der Waals surface area contributed by atoms with Gasteiger partial charge in [-0.2, -0.15) is 0 Å². The molecule has 1 atom stereocenters. The second kappa shape index (κ2) is 6.05. The first-order valence-electron chi connectivity index (χ1n) is 8.14. The number of furan rings is 1. The topological polar surface area (TPSA) is 75.4 Å². The van der Waals surface area contributed by atoms with Gasteiger partial charge in [0.05, 0.1) is 0 Å². The van der Waals surface area contributed by atoms with Gasteiger partial charge in [-0.3, -0.25) is 9.59 Å². The number of aryl methyl sites for hydroxylation is 1. The Morgan fingerprint density at radius 3 is 2.84 bits per heavy atom. The standard InChI is InChI=1S/C19H17N3O3/c1-12-7-8-15-14(21-12)11-16(25-15)19(24)22-10-9-20-18(23)17(22)13-5-3-2-4-6-13/h2-8,11,17H,9-10H2,1H3,(H,20,23). The van der Waals surface area contributed by atoms with Gasteiger partial charge in [0.15, 0.2) is 11.3 Å². The molecule has 0 radical (unpaired) electrons. The fourth-order valence-electron chi connectivity index (χ4n) is 3.13. The zero-order valence-electron chi connectivity index (χ0n) is 13.7. The Morgan fingerprint density at radius 1 is 1.24 bits per heavy atom. The second-order valence-electron chi connectivity index (χ2n) is 6.05. The number of aromatic nitrogens is 1. The largest absolute Gasteiger partial charge is 0.449 e. The van der Waals surface area contributed by atoms with Gasteiger partial charge in [-0.15, -0.1) is 0 Å². The molecule has 126 valence electrons. The number of hydrogen-bond donors (Lipinski definition) is 1. The second-order valence-corrected chi connectivity index (χ2v) is 6.05. The van der Waals surface area contributed by atoms with Gasteiger partial charge in [-0.05, 0) is 24.6 Å². The summed E-state index contributed by atoms with van der Waals surface area (Å²) in [6, 6.07) is 13.9. The van der Waals surface area contributed by atoms with Gasteiger partial charge in [-0.25, -0.2) is 4.98 Å². The van der Waals surface area contributed by atoms with Crippen molar-refractivity contribution in [3.05, 3.63) is 65.5 Å². The maximum Gasteiger partial charge on any atom is 0.290 e. The van der Waals surface area contributed by atoms with Crippen LogP contribution in [0, 0.1) is 6.92 Å². The lowest BCUT2D eigenvalue weighted by Gasteiger charge is -2.34. The van der Waals surface area contributed by atoms with Crippen LogP contribution in [0.3, 0.4) is 0 Å². The van der Waals surface area contributed by atoms with Gasteiger partial charge in [-0.1, -0.05) is 30.3 Å². The Balaban J connectivity index is 1.72. The molecule has 0 bridgehead atoms. The Hall–Kier alpha value is -3.15. The number of hydrogen-bond acceptors (Lipinski definition) is 4. The number of pyridine rings is 1. The van der Waals surface area contributed by atoms with E-state index in [1.165, 1.54) is 0 Å². The first kappa shape index (κ1) is 15.4. The molecule has 4 rings (SSSR count). The van der Waals surface area contributed by atoms with Gasteiger partial charge >= 0.3 is 0 Å². The van der Waals surface area contributed by atoms with Crippen LogP contribution in [0.1, 0.15) is 27.9 Å². The minimum Gasteiger partial charge on any atom is -0.449 e. The number of fused-ring (bicyclic) bond motifs is 1.